The molecule has 0 saturated carbocycles. The molecule has 1 aliphatic rings. The normalized spacial score (nSPS) is 14.4. The van der Waals surface area contributed by atoms with E-state index in [1.807, 2.05) is 25.3 Å². The number of amides is 1. The summed E-state index contributed by atoms with van der Waals surface area (Å²) >= 11 is 0. The predicted octanol–water partition coefficient (Wildman–Crippen LogP) is 2.07. The molecular formula is C19H19FN6O. The second-order valence-electron chi connectivity index (χ2n) is 6.43. The van der Waals surface area contributed by atoms with E-state index in [-0.39, 0.29) is 5.91 Å². The van der Waals surface area contributed by atoms with Gasteiger partial charge in [0.2, 0.25) is 0 Å². The highest BCUT2D eigenvalue weighted by Gasteiger charge is 2.23. The first-order valence-corrected chi connectivity index (χ1v) is 8.74. The van der Waals surface area contributed by atoms with E-state index >= 15 is 0 Å². The lowest BCUT2D eigenvalue weighted by Gasteiger charge is -2.35. The van der Waals surface area contributed by atoms with Crippen molar-refractivity contribution in [2.75, 3.05) is 31.1 Å². The third kappa shape index (κ3) is 3.64. The molecule has 0 radical (unpaired) electrons. The Kier molecular flexibility index (Phi) is 4.53. The van der Waals surface area contributed by atoms with Gasteiger partial charge in [-0.15, -0.1) is 0 Å². The van der Waals surface area contributed by atoms with Crippen molar-refractivity contribution in [1.82, 2.24) is 24.6 Å². The van der Waals surface area contributed by atoms with E-state index in [0.29, 0.717) is 37.6 Å². The summed E-state index contributed by atoms with van der Waals surface area (Å²) in [5.41, 5.74) is 1.29. The van der Waals surface area contributed by atoms with Crippen molar-refractivity contribution in [1.29, 1.82) is 0 Å². The van der Waals surface area contributed by atoms with Gasteiger partial charge in [0.15, 0.2) is 5.82 Å². The maximum atomic E-state index is 13.4. The summed E-state index contributed by atoms with van der Waals surface area (Å²) in [5, 5.41) is 4.37. The minimum atomic E-state index is -0.401. The number of rotatable bonds is 3. The molecule has 0 unspecified atom stereocenters. The van der Waals surface area contributed by atoms with Gasteiger partial charge in [-0.3, -0.25) is 4.79 Å². The van der Waals surface area contributed by atoms with E-state index in [0.717, 1.165) is 11.5 Å². The Morgan fingerprint density at radius 3 is 2.52 bits per heavy atom. The van der Waals surface area contributed by atoms with Gasteiger partial charge in [0, 0.05) is 44.0 Å². The van der Waals surface area contributed by atoms with Crippen LogP contribution in [0, 0.1) is 12.7 Å². The molecule has 1 aromatic carbocycles. The van der Waals surface area contributed by atoms with Crippen LogP contribution in [0.5, 0.6) is 0 Å². The Labute approximate surface area is 156 Å². The van der Waals surface area contributed by atoms with Gasteiger partial charge in [0.1, 0.15) is 18.0 Å². The predicted molar refractivity (Wildman–Crippen MR) is 98.4 cm³/mol. The average molecular weight is 366 g/mol. The molecule has 1 aliphatic heterocycles. The molecule has 0 atom stereocenters. The van der Waals surface area contributed by atoms with Crippen LogP contribution in [0.15, 0.2) is 48.9 Å². The van der Waals surface area contributed by atoms with Gasteiger partial charge in [-0.25, -0.2) is 19.0 Å². The van der Waals surface area contributed by atoms with Crippen molar-refractivity contribution in [2.45, 2.75) is 6.92 Å². The number of benzene rings is 1. The fourth-order valence-electron chi connectivity index (χ4n) is 3.12. The number of hydrogen-bond acceptors (Lipinski definition) is 5. The van der Waals surface area contributed by atoms with Crippen LogP contribution in [0.4, 0.5) is 10.2 Å². The number of halogens is 1. The van der Waals surface area contributed by atoms with E-state index in [9.17, 15) is 9.18 Å². The molecule has 1 fully saturated rings. The van der Waals surface area contributed by atoms with Crippen LogP contribution in [0.1, 0.15) is 16.1 Å². The van der Waals surface area contributed by atoms with Gasteiger partial charge in [0.05, 0.1) is 5.69 Å². The summed E-state index contributed by atoms with van der Waals surface area (Å²) in [6.07, 6.45) is 3.38. The first-order valence-electron chi connectivity index (χ1n) is 8.74. The summed E-state index contributed by atoms with van der Waals surface area (Å²) in [6.45, 7) is 4.32. The topological polar surface area (TPSA) is 67.2 Å². The summed E-state index contributed by atoms with van der Waals surface area (Å²) in [7, 11) is 0. The molecule has 3 heterocycles. The van der Waals surface area contributed by atoms with E-state index in [4.69, 9.17) is 0 Å². The largest absolute Gasteiger partial charge is 0.353 e. The maximum absolute atomic E-state index is 13.4. The van der Waals surface area contributed by atoms with Crippen LogP contribution < -0.4 is 4.90 Å². The number of anilines is 1. The van der Waals surface area contributed by atoms with E-state index < -0.39 is 5.82 Å². The van der Waals surface area contributed by atoms with Crippen molar-refractivity contribution in [3.05, 3.63) is 66.0 Å². The molecule has 4 rings (SSSR count). The number of aryl methyl sites for hydroxylation is 1. The molecule has 3 aromatic rings. The molecule has 1 amide bonds. The van der Waals surface area contributed by atoms with Gasteiger partial charge in [0.25, 0.3) is 5.91 Å². The SMILES string of the molecule is Cc1ccn(-c2cc(N3CCN(C(=O)c4cccc(F)c4)CC3)ncn2)n1. The van der Waals surface area contributed by atoms with Crippen molar-refractivity contribution >= 4 is 11.7 Å². The van der Waals surface area contributed by atoms with E-state index in [2.05, 4.69) is 20.0 Å². The lowest BCUT2D eigenvalue weighted by Crippen LogP contribution is -2.49. The van der Waals surface area contributed by atoms with Gasteiger partial charge >= 0.3 is 0 Å². The summed E-state index contributed by atoms with van der Waals surface area (Å²) in [5.74, 6) is 0.948. The summed E-state index contributed by atoms with van der Waals surface area (Å²) in [4.78, 5) is 25.0. The van der Waals surface area contributed by atoms with Crippen molar-refractivity contribution < 1.29 is 9.18 Å². The lowest BCUT2D eigenvalue weighted by molar-refractivity contribution is 0.0746. The quantitative estimate of drug-likeness (QED) is 0.710. The number of aromatic nitrogens is 4. The molecule has 8 heteroatoms. The molecule has 2 aromatic heterocycles. The molecule has 0 N–H and O–H groups in total. The van der Waals surface area contributed by atoms with Gasteiger partial charge in [-0.2, -0.15) is 5.10 Å². The van der Waals surface area contributed by atoms with Crippen molar-refractivity contribution in [2.24, 2.45) is 0 Å². The molecule has 0 spiro atoms. The summed E-state index contributed by atoms with van der Waals surface area (Å²) < 4.78 is 15.1. The highest BCUT2D eigenvalue weighted by Crippen LogP contribution is 2.17. The third-order valence-electron chi connectivity index (χ3n) is 4.56. The molecule has 7 nitrogen and oxygen atoms in total. The monoisotopic (exact) mass is 366 g/mol. The van der Waals surface area contributed by atoms with Gasteiger partial charge in [-0.1, -0.05) is 6.07 Å². The summed E-state index contributed by atoms with van der Waals surface area (Å²) in [6, 6.07) is 9.61. The number of hydrogen-bond donors (Lipinski definition) is 0. The van der Waals surface area contributed by atoms with Crippen LogP contribution in [0.25, 0.3) is 5.82 Å². The first-order chi connectivity index (χ1) is 13.1. The zero-order chi connectivity index (χ0) is 18.8. The third-order valence-corrected chi connectivity index (χ3v) is 4.56. The van der Waals surface area contributed by atoms with Crippen molar-refractivity contribution in [3.8, 4) is 5.82 Å². The minimum Gasteiger partial charge on any atom is -0.353 e. The second kappa shape index (κ2) is 7.14. The molecule has 27 heavy (non-hydrogen) atoms. The Hall–Kier alpha value is -3.29. The number of carbonyl (C=O) groups is 1. The molecule has 0 bridgehead atoms. The molecule has 0 aliphatic carbocycles. The Balaban J connectivity index is 1.44. The first kappa shape index (κ1) is 17.1. The molecule has 1 saturated heterocycles. The average Bonchev–Trinajstić information content (AvgIpc) is 3.14. The highest BCUT2D eigenvalue weighted by molar-refractivity contribution is 5.94. The Morgan fingerprint density at radius 2 is 1.81 bits per heavy atom. The zero-order valence-corrected chi connectivity index (χ0v) is 14.9. The highest BCUT2D eigenvalue weighted by atomic mass is 19.1. The van der Waals surface area contributed by atoms with Crippen molar-refractivity contribution in [3.63, 3.8) is 0 Å². The molecular weight excluding hydrogens is 347 g/mol. The fraction of sp³-hybridized carbons (Fsp3) is 0.263. The lowest BCUT2D eigenvalue weighted by atomic mass is 10.1. The Morgan fingerprint density at radius 1 is 1.04 bits per heavy atom. The van der Waals surface area contributed by atoms with Crippen LogP contribution in [0.2, 0.25) is 0 Å². The van der Waals surface area contributed by atoms with Gasteiger partial charge < -0.3 is 9.80 Å². The van der Waals surface area contributed by atoms with E-state index in [1.54, 1.807) is 21.7 Å². The zero-order valence-electron chi connectivity index (χ0n) is 14.9. The van der Waals surface area contributed by atoms with Crippen LogP contribution in [0.3, 0.4) is 0 Å². The number of piperazine rings is 1. The van der Waals surface area contributed by atoms with Gasteiger partial charge in [-0.05, 0) is 31.2 Å². The van der Waals surface area contributed by atoms with Crippen LogP contribution in [-0.2, 0) is 0 Å². The number of carbonyl (C=O) groups excluding carboxylic acids is 1. The molecule has 138 valence electrons. The smallest absolute Gasteiger partial charge is 0.254 e. The van der Waals surface area contributed by atoms with Crippen LogP contribution >= 0.6 is 0 Å². The Bertz CT molecular complexity index is 964. The van der Waals surface area contributed by atoms with Crippen LogP contribution in [-0.4, -0.2) is 56.7 Å². The maximum Gasteiger partial charge on any atom is 0.254 e. The fourth-order valence-corrected chi connectivity index (χ4v) is 3.12. The van der Waals surface area contributed by atoms with E-state index in [1.165, 1.54) is 18.5 Å². The number of nitrogens with zero attached hydrogens (tertiary/aromatic N) is 6. The standard InChI is InChI=1S/C19H19FN6O/c1-14-5-6-26(23-14)18-12-17(21-13-22-18)24-7-9-25(10-8-24)19(27)15-3-2-4-16(20)11-15/h2-6,11-13H,7-10H2,1H3. The second-order valence-corrected chi connectivity index (χ2v) is 6.43. The minimum absolute atomic E-state index is 0.149.